The van der Waals surface area contributed by atoms with E-state index in [0.717, 1.165) is 16.6 Å². The fraction of sp³-hybridized carbons (Fsp3) is 0.250. The van der Waals surface area contributed by atoms with E-state index < -0.39 is 6.36 Å². The standard InChI is InChI=1S/C20H18F3N3O3/c21-20(22,23)29-16-4-1-14(2-5-16)25-7-9-26(10-8-25)19(28)18-12-13-11-15(27)3-6-17(13)24-18/h1-6,11-12,24,27H,7-10H2. The van der Waals surface area contributed by atoms with E-state index in [0.29, 0.717) is 31.9 Å². The molecule has 1 aliphatic rings. The van der Waals surface area contributed by atoms with Crippen molar-refractivity contribution in [2.45, 2.75) is 6.36 Å². The van der Waals surface area contributed by atoms with E-state index in [1.807, 2.05) is 4.90 Å². The molecular formula is C20H18F3N3O3. The highest BCUT2D eigenvalue weighted by Gasteiger charge is 2.31. The number of hydrogen-bond donors (Lipinski definition) is 2. The molecule has 0 aliphatic carbocycles. The van der Waals surface area contributed by atoms with Gasteiger partial charge in [0.2, 0.25) is 0 Å². The predicted octanol–water partition coefficient (Wildman–Crippen LogP) is 3.73. The van der Waals surface area contributed by atoms with E-state index in [1.165, 1.54) is 12.1 Å². The Morgan fingerprint density at radius 3 is 2.34 bits per heavy atom. The molecule has 1 aromatic heterocycles. The molecule has 1 aliphatic heterocycles. The minimum Gasteiger partial charge on any atom is -0.508 e. The smallest absolute Gasteiger partial charge is 0.508 e. The van der Waals surface area contributed by atoms with E-state index in [2.05, 4.69) is 9.72 Å². The zero-order valence-corrected chi connectivity index (χ0v) is 15.2. The summed E-state index contributed by atoms with van der Waals surface area (Å²) in [7, 11) is 0. The van der Waals surface area contributed by atoms with Crippen molar-refractivity contribution < 1.29 is 27.8 Å². The van der Waals surface area contributed by atoms with Gasteiger partial charge in [-0.2, -0.15) is 0 Å². The molecule has 2 heterocycles. The van der Waals surface area contributed by atoms with Gasteiger partial charge in [-0.05, 0) is 48.5 Å². The maximum absolute atomic E-state index is 12.8. The summed E-state index contributed by atoms with van der Waals surface area (Å²) in [5.74, 6) is -0.259. The molecule has 1 amide bonds. The Hall–Kier alpha value is -3.36. The second-order valence-electron chi connectivity index (χ2n) is 6.78. The summed E-state index contributed by atoms with van der Waals surface area (Å²) in [4.78, 5) is 19.6. The number of H-pyrrole nitrogens is 1. The van der Waals surface area contributed by atoms with Gasteiger partial charge in [0.25, 0.3) is 5.91 Å². The number of nitrogens with one attached hydrogen (secondary N) is 1. The van der Waals surface area contributed by atoms with E-state index in [1.54, 1.807) is 41.3 Å². The molecule has 0 spiro atoms. The Morgan fingerprint density at radius 2 is 1.69 bits per heavy atom. The molecule has 6 nitrogen and oxygen atoms in total. The summed E-state index contributed by atoms with van der Waals surface area (Å²) in [6.45, 7) is 2.10. The van der Waals surface area contributed by atoms with Crippen molar-refractivity contribution in [3.8, 4) is 11.5 Å². The van der Waals surface area contributed by atoms with Gasteiger partial charge in [0.15, 0.2) is 0 Å². The first-order valence-corrected chi connectivity index (χ1v) is 9.00. The predicted molar refractivity (Wildman–Crippen MR) is 101 cm³/mol. The van der Waals surface area contributed by atoms with Crippen molar-refractivity contribution in [2.24, 2.45) is 0 Å². The van der Waals surface area contributed by atoms with Crippen LogP contribution in [0.1, 0.15) is 10.5 Å². The molecule has 0 unspecified atom stereocenters. The molecular weight excluding hydrogens is 387 g/mol. The monoisotopic (exact) mass is 405 g/mol. The molecule has 2 N–H and O–H groups in total. The Bertz CT molecular complexity index is 1020. The number of halogens is 3. The fourth-order valence-electron chi connectivity index (χ4n) is 3.43. The summed E-state index contributed by atoms with van der Waals surface area (Å²) in [5.41, 5.74) is 1.99. The lowest BCUT2D eigenvalue weighted by Gasteiger charge is -2.36. The molecule has 9 heteroatoms. The van der Waals surface area contributed by atoms with Crippen molar-refractivity contribution >= 4 is 22.5 Å². The molecule has 0 atom stereocenters. The van der Waals surface area contributed by atoms with Gasteiger partial charge in [0.1, 0.15) is 17.2 Å². The number of alkyl halides is 3. The number of aromatic nitrogens is 1. The fourth-order valence-corrected chi connectivity index (χ4v) is 3.43. The van der Waals surface area contributed by atoms with Crippen molar-refractivity contribution in [2.75, 3.05) is 31.1 Å². The molecule has 152 valence electrons. The van der Waals surface area contributed by atoms with Gasteiger partial charge >= 0.3 is 6.36 Å². The lowest BCUT2D eigenvalue weighted by Crippen LogP contribution is -2.48. The molecule has 3 aromatic rings. The number of rotatable bonds is 3. The number of aromatic amines is 1. The number of ether oxygens (including phenoxy) is 1. The number of benzene rings is 2. The number of piperazine rings is 1. The SMILES string of the molecule is O=C(c1cc2cc(O)ccc2[nH]1)N1CCN(c2ccc(OC(F)(F)F)cc2)CC1. The summed E-state index contributed by atoms with van der Waals surface area (Å²) >= 11 is 0. The average molecular weight is 405 g/mol. The number of hydrogen-bond acceptors (Lipinski definition) is 4. The van der Waals surface area contributed by atoms with Gasteiger partial charge in [-0.15, -0.1) is 13.2 Å². The van der Waals surface area contributed by atoms with Crippen LogP contribution in [0.2, 0.25) is 0 Å². The third-order valence-electron chi connectivity index (χ3n) is 4.84. The molecule has 0 bridgehead atoms. The first-order valence-electron chi connectivity index (χ1n) is 9.00. The van der Waals surface area contributed by atoms with E-state index in [9.17, 15) is 23.1 Å². The lowest BCUT2D eigenvalue weighted by molar-refractivity contribution is -0.274. The van der Waals surface area contributed by atoms with Crippen LogP contribution in [0.3, 0.4) is 0 Å². The number of aromatic hydroxyl groups is 1. The van der Waals surface area contributed by atoms with Gasteiger partial charge in [-0.1, -0.05) is 0 Å². The highest BCUT2D eigenvalue weighted by atomic mass is 19.4. The minimum atomic E-state index is -4.71. The minimum absolute atomic E-state index is 0.130. The van der Waals surface area contributed by atoms with Crippen LogP contribution in [-0.4, -0.2) is 53.4 Å². The number of amides is 1. The number of phenols is 1. The number of carbonyl (C=O) groups is 1. The Morgan fingerprint density at radius 1 is 1.00 bits per heavy atom. The van der Waals surface area contributed by atoms with Crippen LogP contribution >= 0.6 is 0 Å². The van der Waals surface area contributed by atoms with Crippen LogP contribution in [0, 0.1) is 0 Å². The Labute approximate surface area is 164 Å². The quantitative estimate of drug-likeness (QED) is 0.697. The van der Waals surface area contributed by atoms with Crippen molar-refractivity contribution in [3.05, 3.63) is 54.2 Å². The zero-order chi connectivity index (χ0) is 20.6. The van der Waals surface area contributed by atoms with Crippen molar-refractivity contribution in [3.63, 3.8) is 0 Å². The van der Waals surface area contributed by atoms with E-state index in [4.69, 9.17) is 0 Å². The third kappa shape index (κ3) is 4.23. The van der Waals surface area contributed by atoms with Crippen LogP contribution in [0.15, 0.2) is 48.5 Å². The number of carbonyl (C=O) groups excluding carboxylic acids is 1. The topological polar surface area (TPSA) is 68.8 Å². The molecule has 0 saturated carbocycles. The maximum Gasteiger partial charge on any atom is 0.573 e. The summed E-state index contributed by atoms with van der Waals surface area (Å²) in [6, 6.07) is 12.3. The zero-order valence-electron chi connectivity index (χ0n) is 15.2. The molecule has 29 heavy (non-hydrogen) atoms. The average Bonchev–Trinajstić information content (AvgIpc) is 3.10. The number of phenolic OH excluding ortho intramolecular Hbond substituents is 1. The molecule has 4 rings (SSSR count). The van der Waals surface area contributed by atoms with Crippen LogP contribution in [0.25, 0.3) is 10.9 Å². The van der Waals surface area contributed by atoms with Crippen molar-refractivity contribution in [1.29, 1.82) is 0 Å². The second-order valence-corrected chi connectivity index (χ2v) is 6.78. The Kier molecular flexibility index (Phi) is 4.73. The Balaban J connectivity index is 1.39. The van der Waals surface area contributed by atoms with Gasteiger partial charge in [0.05, 0.1) is 0 Å². The van der Waals surface area contributed by atoms with Crippen LogP contribution in [0.5, 0.6) is 11.5 Å². The number of anilines is 1. The molecule has 2 aromatic carbocycles. The highest BCUT2D eigenvalue weighted by molar-refractivity contribution is 5.98. The molecule has 1 fully saturated rings. The summed E-state index contributed by atoms with van der Waals surface area (Å²) in [6.07, 6.45) is -4.71. The van der Waals surface area contributed by atoms with Gasteiger partial charge in [-0.25, -0.2) is 0 Å². The van der Waals surface area contributed by atoms with Crippen molar-refractivity contribution in [1.82, 2.24) is 9.88 Å². The first kappa shape index (κ1) is 19.0. The normalized spacial score (nSPS) is 15.0. The maximum atomic E-state index is 12.8. The van der Waals surface area contributed by atoms with Gasteiger partial charge in [0, 0.05) is 42.8 Å². The van der Waals surface area contributed by atoms with Gasteiger partial charge in [-0.3, -0.25) is 4.79 Å². The third-order valence-corrected chi connectivity index (χ3v) is 4.84. The number of fused-ring (bicyclic) bond motifs is 1. The molecule has 1 saturated heterocycles. The van der Waals surface area contributed by atoms with Crippen LogP contribution in [0.4, 0.5) is 18.9 Å². The van der Waals surface area contributed by atoms with Crippen LogP contribution in [-0.2, 0) is 0 Å². The molecule has 0 radical (unpaired) electrons. The van der Waals surface area contributed by atoms with E-state index in [-0.39, 0.29) is 17.4 Å². The van der Waals surface area contributed by atoms with E-state index >= 15 is 0 Å². The van der Waals surface area contributed by atoms with Crippen LogP contribution < -0.4 is 9.64 Å². The second kappa shape index (κ2) is 7.23. The van der Waals surface area contributed by atoms with Gasteiger partial charge < -0.3 is 24.6 Å². The summed E-state index contributed by atoms with van der Waals surface area (Å²) < 4.78 is 40.7. The first-order chi connectivity index (χ1) is 13.8. The lowest BCUT2D eigenvalue weighted by atomic mass is 10.2. The largest absolute Gasteiger partial charge is 0.573 e. The summed E-state index contributed by atoms with van der Waals surface area (Å²) in [5, 5.41) is 10.3. The highest BCUT2D eigenvalue weighted by Crippen LogP contribution is 2.26. The number of nitrogens with zero attached hydrogens (tertiary/aromatic N) is 2.